The molecular weight excluding hydrogens is 262 g/mol. The third-order valence-corrected chi connectivity index (χ3v) is 3.67. The first kappa shape index (κ1) is 13.9. The van der Waals surface area contributed by atoms with E-state index >= 15 is 0 Å². The quantitative estimate of drug-likeness (QED) is 0.873. The number of carbonyl (C=O) groups is 1. The molecule has 0 spiro atoms. The zero-order valence-corrected chi connectivity index (χ0v) is 11.5. The van der Waals surface area contributed by atoms with Crippen LogP contribution in [0.2, 0.25) is 5.02 Å². The molecule has 0 aliphatic carbocycles. The zero-order valence-electron chi connectivity index (χ0n) is 10.7. The van der Waals surface area contributed by atoms with Crippen molar-refractivity contribution in [1.29, 1.82) is 5.26 Å². The van der Waals surface area contributed by atoms with Crippen molar-refractivity contribution in [3.05, 3.63) is 28.8 Å². The molecule has 1 amide bonds. The van der Waals surface area contributed by atoms with Crippen LogP contribution >= 0.6 is 11.6 Å². The molecule has 100 valence electrons. The second-order valence-electron chi connectivity index (χ2n) is 4.93. The van der Waals surface area contributed by atoms with Gasteiger partial charge in [-0.15, -0.1) is 0 Å². The molecule has 4 nitrogen and oxygen atoms in total. The zero-order chi connectivity index (χ0) is 13.8. The monoisotopic (exact) mass is 277 g/mol. The maximum Gasteiger partial charge on any atom is 0.241 e. The second-order valence-corrected chi connectivity index (χ2v) is 5.34. The summed E-state index contributed by atoms with van der Waals surface area (Å²) in [6.07, 6.45) is 1.94. The van der Waals surface area contributed by atoms with Gasteiger partial charge in [-0.3, -0.25) is 4.79 Å². The van der Waals surface area contributed by atoms with Crippen molar-refractivity contribution in [2.75, 3.05) is 11.9 Å². The van der Waals surface area contributed by atoms with E-state index in [1.807, 2.05) is 6.07 Å². The van der Waals surface area contributed by atoms with Gasteiger partial charge in [0.05, 0.1) is 16.6 Å². The molecule has 1 aliphatic heterocycles. The predicted octanol–water partition coefficient (Wildman–Crippen LogP) is 2.54. The van der Waals surface area contributed by atoms with E-state index in [4.69, 9.17) is 16.9 Å². The van der Waals surface area contributed by atoms with Gasteiger partial charge < -0.3 is 10.6 Å². The highest BCUT2D eigenvalue weighted by molar-refractivity contribution is 6.31. The number of nitrogens with zero attached hydrogens (tertiary/aromatic N) is 1. The standard InChI is InChI=1S/C14H16ClN3O/c1-9-4-5-17-13(6-9)14(19)18-11-2-3-12(15)10(7-11)8-16/h2-3,7,9,13,17H,4-6H2,1H3,(H,18,19). The van der Waals surface area contributed by atoms with Crippen molar-refractivity contribution >= 4 is 23.2 Å². The Bertz CT molecular complexity index is 524. The highest BCUT2D eigenvalue weighted by atomic mass is 35.5. The van der Waals surface area contributed by atoms with E-state index in [1.165, 1.54) is 0 Å². The fraction of sp³-hybridized carbons (Fsp3) is 0.429. The van der Waals surface area contributed by atoms with Crippen LogP contribution in [0.15, 0.2) is 18.2 Å². The minimum atomic E-state index is -0.162. The van der Waals surface area contributed by atoms with Crippen molar-refractivity contribution in [3.63, 3.8) is 0 Å². The highest BCUT2D eigenvalue weighted by Crippen LogP contribution is 2.21. The Labute approximate surface area is 117 Å². The minimum absolute atomic E-state index is 0.0576. The number of nitriles is 1. The van der Waals surface area contributed by atoms with Gasteiger partial charge >= 0.3 is 0 Å². The molecule has 0 saturated carbocycles. The van der Waals surface area contributed by atoms with Crippen molar-refractivity contribution in [2.24, 2.45) is 5.92 Å². The molecule has 1 fully saturated rings. The summed E-state index contributed by atoms with van der Waals surface area (Å²) in [6, 6.07) is 6.74. The van der Waals surface area contributed by atoms with E-state index in [0.717, 1.165) is 19.4 Å². The smallest absolute Gasteiger partial charge is 0.241 e. The first-order chi connectivity index (χ1) is 9.10. The molecule has 1 aromatic carbocycles. The Morgan fingerprint density at radius 3 is 3.05 bits per heavy atom. The minimum Gasteiger partial charge on any atom is -0.325 e. The van der Waals surface area contributed by atoms with Crippen molar-refractivity contribution < 1.29 is 4.79 Å². The van der Waals surface area contributed by atoms with Crippen LogP contribution in [0.5, 0.6) is 0 Å². The largest absolute Gasteiger partial charge is 0.325 e. The lowest BCUT2D eigenvalue weighted by Crippen LogP contribution is -2.45. The first-order valence-corrected chi connectivity index (χ1v) is 6.72. The lowest BCUT2D eigenvalue weighted by molar-refractivity contribution is -0.119. The van der Waals surface area contributed by atoms with Crippen LogP contribution in [0.3, 0.4) is 0 Å². The molecule has 5 heteroatoms. The van der Waals surface area contributed by atoms with Gasteiger partial charge in [0.1, 0.15) is 6.07 Å². The predicted molar refractivity (Wildman–Crippen MR) is 75.0 cm³/mol. The normalized spacial score (nSPS) is 22.6. The van der Waals surface area contributed by atoms with Gasteiger partial charge in [-0.05, 0) is 43.5 Å². The van der Waals surface area contributed by atoms with E-state index in [9.17, 15) is 4.79 Å². The molecule has 1 heterocycles. The maximum absolute atomic E-state index is 12.1. The molecule has 2 atom stereocenters. The number of carbonyl (C=O) groups excluding carboxylic acids is 1. The summed E-state index contributed by atoms with van der Waals surface area (Å²) in [5, 5.41) is 15.3. The van der Waals surface area contributed by atoms with Gasteiger partial charge in [0.25, 0.3) is 0 Å². The van der Waals surface area contributed by atoms with Crippen LogP contribution in [0.25, 0.3) is 0 Å². The summed E-state index contributed by atoms with van der Waals surface area (Å²) in [7, 11) is 0. The molecule has 0 radical (unpaired) electrons. The molecule has 2 unspecified atom stereocenters. The van der Waals surface area contributed by atoms with Crippen LogP contribution in [-0.4, -0.2) is 18.5 Å². The summed E-state index contributed by atoms with van der Waals surface area (Å²) < 4.78 is 0. The van der Waals surface area contributed by atoms with Crippen molar-refractivity contribution in [1.82, 2.24) is 5.32 Å². The van der Waals surface area contributed by atoms with Crippen molar-refractivity contribution in [2.45, 2.75) is 25.8 Å². The molecule has 1 aromatic rings. The first-order valence-electron chi connectivity index (χ1n) is 6.34. The number of hydrogen-bond donors (Lipinski definition) is 2. The Balaban J connectivity index is 2.04. The summed E-state index contributed by atoms with van der Waals surface area (Å²) in [4.78, 5) is 12.1. The number of benzene rings is 1. The fourth-order valence-electron chi connectivity index (χ4n) is 2.23. The number of hydrogen-bond acceptors (Lipinski definition) is 3. The lowest BCUT2D eigenvalue weighted by atomic mass is 9.94. The van der Waals surface area contributed by atoms with Gasteiger partial charge in [0, 0.05) is 5.69 Å². The molecular formula is C14H16ClN3O. The number of rotatable bonds is 2. The van der Waals surface area contributed by atoms with E-state index in [1.54, 1.807) is 18.2 Å². The molecule has 1 aliphatic rings. The Morgan fingerprint density at radius 1 is 1.58 bits per heavy atom. The number of anilines is 1. The summed E-state index contributed by atoms with van der Waals surface area (Å²) >= 11 is 5.85. The number of halogens is 1. The van der Waals surface area contributed by atoms with E-state index in [-0.39, 0.29) is 11.9 Å². The van der Waals surface area contributed by atoms with Crippen LogP contribution < -0.4 is 10.6 Å². The molecule has 2 N–H and O–H groups in total. The van der Waals surface area contributed by atoms with E-state index < -0.39 is 0 Å². The van der Waals surface area contributed by atoms with Gasteiger partial charge in [0.15, 0.2) is 0 Å². The number of piperidine rings is 1. The second kappa shape index (κ2) is 6.05. The SMILES string of the molecule is CC1CCNC(C(=O)Nc2ccc(Cl)c(C#N)c2)C1. The fourth-order valence-corrected chi connectivity index (χ4v) is 2.39. The third-order valence-electron chi connectivity index (χ3n) is 3.34. The third kappa shape index (κ3) is 3.46. The topological polar surface area (TPSA) is 64.9 Å². The van der Waals surface area contributed by atoms with Gasteiger partial charge in [-0.25, -0.2) is 0 Å². The van der Waals surface area contributed by atoms with E-state index in [0.29, 0.717) is 22.2 Å². The molecule has 19 heavy (non-hydrogen) atoms. The van der Waals surface area contributed by atoms with E-state index in [2.05, 4.69) is 17.6 Å². The number of nitrogens with one attached hydrogen (secondary N) is 2. The molecule has 1 saturated heterocycles. The van der Waals surface area contributed by atoms with Crippen molar-refractivity contribution in [3.8, 4) is 6.07 Å². The number of amides is 1. The molecule has 2 rings (SSSR count). The summed E-state index contributed by atoms with van der Waals surface area (Å²) in [5.74, 6) is 0.495. The van der Waals surface area contributed by atoms with Gasteiger partial charge in [-0.1, -0.05) is 18.5 Å². The Morgan fingerprint density at radius 2 is 2.37 bits per heavy atom. The Hall–Kier alpha value is -1.57. The van der Waals surface area contributed by atoms with Crippen LogP contribution in [0, 0.1) is 17.2 Å². The van der Waals surface area contributed by atoms with Crippen LogP contribution in [-0.2, 0) is 4.79 Å². The van der Waals surface area contributed by atoms with Crippen LogP contribution in [0.4, 0.5) is 5.69 Å². The van der Waals surface area contributed by atoms with Crippen LogP contribution in [0.1, 0.15) is 25.3 Å². The van der Waals surface area contributed by atoms with Gasteiger partial charge in [0.2, 0.25) is 5.91 Å². The lowest BCUT2D eigenvalue weighted by Gasteiger charge is -2.27. The Kier molecular flexibility index (Phi) is 4.41. The molecule has 0 aromatic heterocycles. The maximum atomic E-state index is 12.1. The van der Waals surface area contributed by atoms with Gasteiger partial charge in [-0.2, -0.15) is 5.26 Å². The summed E-state index contributed by atoms with van der Waals surface area (Å²) in [6.45, 7) is 3.01. The summed E-state index contributed by atoms with van der Waals surface area (Å²) in [5.41, 5.74) is 0.968. The average molecular weight is 278 g/mol. The molecule has 0 bridgehead atoms. The average Bonchev–Trinajstić information content (AvgIpc) is 2.41. The highest BCUT2D eigenvalue weighted by Gasteiger charge is 2.24.